The molecule has 0 atom stereocenters. The fraction of sp³-hybridized carbons (Fsp3) is 0.188. The Morgan fingerprint density at radius 2 is 1.82 bits per heavy atom. The number of fused-ring (bicyclic) bond motifs is 1. The number of urea groups is 1. The van der Waals surface area contributed by atoms with E-state index in [0.29, 0.717) is 30.4 Å². The molecular weight excluding hydrogens is 348 g/mol. The second-order valence-electron chi connectivity index (χ2n) is 4.90. The van der Waals surface area contributed by atoms with Gasteiger partial charge in [0.15, 0.2) is 11.5 Å². The first-order valence-corrected chi connectivity index (χ1v) is 7.65. The molecule has 0 saturated carbocycles. The van der Waals surface area contributed by atoms with Crippen molar-refractivity contribution in [1.29, 1.82) is 0 Å². The molecule has 2 aromatic carbocycles. The van der Waals surface area contributed by atoms with Crippen LogP contribution in [0.2, 0.25) is 0 Å². The van der Waals surface area contributed by atoms with Crippen molar-refractivity contribution >= 4 is 33.3 Å². The van der Waals surface area contributed by atoms with E-state index >= 15 is 0 Å². The number of nitrogens with one attached hydrogen (secondary N) is 2. The number of carbonyl (C=O) groups is 1. The Hall–Kier alpha value is -2.21. The van der Waals surface area contributed by atoms with Crippen molar-refractivity contribution < 1.29 is 14.3 Å². The summed E-state index contributed by atoms with van der Waals surface area (Å²) in [4.78, 5) is 12.1. The number of halogens is 1. The third-order valence-corrected chi connectivity index (χ3v) is 3.73. The predicted molar refractivity (Wildman–Crippen MR) is 89.0 cm³/mol. The summed E-state index contributed by atoms with van der Waals surface area (Å²) >= 11 is 3.40. The number of carbonyl (C=O) groups excluding carboxylic acids is 1. The van der Waals surface area contributed by atoms with Gasteiger partial charge in [0.05, 0.1) is 0 Å². The van der Waals surface area contributed by atoms with E-state index in [1.807, 2.05) is 25.1 Å². The maximum Gasteiger partial charge on any atom is 0.323 e. The molecule has 22 heavy (non-hydrogen) atoms. The number of hydrogen-bond donors (Lipinski definition) is 2. The second-order valence-corrected chi connectivity index (χ2v) is 5.81. The zero-order chi connectivity index (χ0) is 15.5. The largest absolute Gasteiger partial charge is 0.486 e. The minimum Gasteiger partial charge on any atom is -0.486 e. The average molecular weight is 363 g/mol. The Kier molecular flexibility index (Phi) is 4.20. The molecule has 6 heteroatoms. The summed E-state index contributed by atoms with van der Waals surface area (Å²) < 4.78 is 11.9. The lowest BCUT2D eigenvalue weighted by Crippen LogP contribution is -2.20. The molecule has 114 valence electrons. The highest BCUT2D eigenvalue weighted by molar-refractivity contribution is 9.10. The second kappa shape index (κ2) is 6.27. The zero-order valence-corrected chi connectivity index (χ0v) is 13.6. The number of anilines is 2. The average Bonchev–Trinajstić information content (AvgIpc) is 2.50. The van der Waals surface area contributed by atoms with Crippen molar-refractivity contribution in [3.63, 3.8) is 0 Å². The highest BCUT2D eigenvalue weighted by Crippen LogP contribution is 2.32. The van der Waals surface area contributed by atoms with Crippen LogP contribution in [0.4, 0.5) is 16.2 Å². The van der Waals surface area contributed by atoms with Crippen LogP contribution in [0.5, 0.6) is 11.5 Å². The van der Waals surface area contributed by atoms with E-state index in [0.717, 1.165) is 15.7 Å². The first-order chi connectivity index (χ1) is 10.6. The fourth-order valence-electron chi connectivity index (χ4n) is 2.17. The van der Waals surface area contributed by atoms with Crippen LogP contribution < -0.4 is 20.1 Å². The third kappa shape index (κ3) is 3.33. The lowest BCUT2D eigenvalue weighted by atomic mass is 10.2. The van der Waals surface area contributed by atoms with E-state index in [4.69, 9.17) is 9.47 Å². The van der Waals surface area contributed by atoms with Gasteiger partial charge in [0.1, 0.15) is 13.2 Å². The normalized spacial score (nSPS) is 12.6. The molecule has 0 aromatic heterocycles. The van der Waals surface area contributed by atoms with Gasteiger partial charge in [-0.1, -0.05) is 15.9 Å². The first-order valence-electron chi connectivity index (χ1n) is 6.85. The van der Waals surface area contributed by atoms with E-state index in [1.165, 1.54) is 0 Å². The SMILES string of the molecule is Cc1cc(Br)ccc1NC(=O)Nc1ccc2c(c1)OCCO2. The molecule has 2 amide bonds. The van der Waals surface area contributed by atoms with Gasteiger partial charge in [0.2, 0.25) is 0 Å². The smallest absolute Gasteiger partial charge is 0.323 e. The standard InChI is InChI=1S/C16H15BrN2O3/c1-10-8-11(17)2-4-13(10)19-16(20)18-12-3-5-14-15(9-12)22-7-6-21-14/h2-5,8-9H,6-7H2,1H3,(H2,18,19,20). The van der Waals surface area contributed by atoms with Crippen molar-refractivity contribution in [2.75, 3.05) is 23.8 Å². The molecule has 0 radical (unpaired) electrons. The molecule has 0 spiro atoms. The number of ether oxygens (including phenoxy) is 2. The molecule has 0 fully saturated rings. The van der Waals surface area contributed by atoms with Crippen LogP contribution in [0, 0.1) is 6.92 Å². The van der Waals surface area contributed by atoms with E-state index in [9.17, 15) is 4.79 Å². The summed E-state index contributed by atoms with van der Waals surface area (Å²) in [6, 6.07) is 10.7. The minimum absolute atomic E-state index is 0.304. The number of amides is 2. The van der Waals surface area contributed by atoms with Gasteiger partial charge in [-0.2, -0.15) is 0 Å². The molecular formula is C16H15BrN2O3. The van der Waals surface area contributed by atoms with E-state index in [2.05, 4.69) is 26.6 Å². The monoisotopic (exact) mass is 362 g/mol. The molecule has 2 N–H and O–H groups in total. The van der Waals surface area contributed by atoms with Crippen LogP contribution in [-0.2, 0) is 0 Å². The van der Waals surface area contributed by atoms with Crippen LogP contribution >= 0.6 is 15.9 Å². The number of rotatable bonds is 2. The van der Waals surface area contributed by atoms with Crippen LogP contribution in [0.25, 0.3) is 0 Å². The molecule has 3 rings (SSSR count). The Morgan fingerprint density at radius 1 is 1.05 bits per heavy atom. The van der Waals surface area contributed by atoms with Gasteiger partial charge in [-0.15, -0.1) is 0 Å². The van der Waals surface area contributed by atoms with Gasteiger partial charge in [-0.3, -0.25) is 0 Å². The summed E-state index contributed by atoms with van der Waals surface area (Å²) in [7, 11) is 0. The van der Waals surface area contributed by atoms with E-state index in [-0.39, 0.29) is 6.03 Å². The summed E-state index contributed by atoms with van der Waals surface area (Å²) in [5.41, 5.74) is 2.39. The number of hydrogen-bond acceptors (Lipinski definition) is 3. The highest BCUT2D eigenvalue weighted by Gasteiger charge is 2.13. The summed E-state index contributed by atoms with van der Waals surface area (Å²) in [5.74, 6) is 1.34. The molecule has 2 aromatic rings. The summed E-state index contributed by atoms with van der Waals surface area (Å²) in [6.07, 6.45) is 0. The predicted octanol–water partition coefficient (Wildman–Crippen LogP) is 4.17. The number of aryl methyl sites for hydroxylation is 1. The Bertz CT molecular complexity index is 719. The lowest BCUT2D eigenvalue weighted by molar-refractivity contribution is 0.171. The summed E-state index contributed by atoms with van der Waals surface area (Å²) in [5, 5.41) is 5.61. The van der Waals surface area contributed by atoms with Gasteiger partial charge in [-0.25, -0.2) is 4.79 Å². The topological polar surface area (TPSA) is 59.6 Å². The third-order valence-electron chi connectivity index (χ3n) is 3.24. The van der Waals surface area contributed by atoms with Gasteiger partial charge < -0.3 is 20.1 Å². The Balaban J connectivity index is 1.69. The van der Waals surface area contributed by atoms with Crippen LogP contribution in [0.1, 0.15) is 5.56 Å². The molecule has 0 saturated heterocycles. The Morgan fingerprint density at radius 3 is 2.59 bits per heavy atom. The fourth-order valence-corrected chi connectivity index (χ4v) is 2.65. The summed E-state index contributed by atoms with van der Waals surface area (Å²) in [6.45, 7) is 2.99. The Labute approximate surface area is 136 Å². The maximum atomic E-state index is 12.1. The van der Waals surface area contributed by atoms with Crippen molar-refractivity contribution in [3.8, 4) is 11.5 Å². The quantitative estimate of drug-likeness (QED) is 0.842. The van der Waals surface area contributed by atoms with Gasteiger partial charge in [0, 0.05) is 21.9 Å². The van der Waals surface area contributed by atoms with Crippen molar-refractivity contribution in [3.05, 3.63) is 46.4 Å². The first kappa shape index (κ1) is 14.7. The van der Waals surface area contributed by atoms with E-state index < -0.39 is 0 Å². The van der Waals surface area contributed by atoms with Gasteiger partial charge in [0.25, 0.3) is 0 Å². The van der Waals surface area contributed by atoms with Gasteiger partial charge in [-0.05, 0) is 42.8 Å². The molecule has 1 aliphatic rings. The van der Waals surface area contributed by atoms with Crippen molar-refractivity contribution in [1.82, 2.24) is 0 Å². The zero-order valence-electron chi connectivity index (χ0n) is 12.0. The minimum atomic E-state index is -0.304. The molecule has 0 bridgehead atoms. The molecule has 1 aliphatic heterocycles. The van der Waals surface area contributed by atoms with Crippen LogP contribution in [0.3, 0.4) is 0 Å². The van der Waals surface area contributed by atoms with Crippen LogP contribution in [-0.4, -0.2) is 19.2 Å². The molecule has 0 aliphatic carbocycles. The highest BCUT2D eigenvalue weighted by atomic mass is 79.9. The van der Waals surface area contributed by atoms with Gasteiger partial charge >= 0.3 is 6.03 Å². The van der Waals surface area contributed by atoms with Crippen molar-refractivity contribution in [2.24, 2.45) is 0 Å². The molecule has 1 heterocycles. The number of benzene rings is 2. The van der Waals surface area contributed by atoms with Crippen LogP contribution in [0.15, 0.2) is 40.9 Å². The maximum absolute atomic E-state index is 12.1. The lowest BCUT2D eigenvalue weighted by Gasteiger charge is -2.19. The van der Waals surface area contributed by atoms with Crippen molar-refractivity contribution in [2.45, 2.75) is 6.92 Å². The van der Waals surface area contributed by atoms with E-state index in [1.54, 1.807) is 18.2 Å². The molecule has 0 unspecified atom stereocenters. The molecule has 5 nitrogen and oxygen atoms in total.